The fraction of sp³-hybridized carbons (Fsp3) is 0.273. The highest BCUT2D eigenvalue weighted by Gasteiger charge is 2.37. The molecule has 3 rings (SSSR count). The minimum atomic E-state index is -0.741. The van der Waals surface area contributed by atoms with Crippen LogP contribution in [0.2, 0.25) is 0 Å². The zero-order valence-electron chi connectivity index (χ0n) is 17.9. The molecular weight excluding hydrogens is 498 g/mol. The molecule has 1 aliphatic heterocycles. The molecule has 0 spiro atoms. The Morgan fingerprint density at radius 3 is 2.45 bits per heavy atom. The first-order valence-corrected chi connectivity index (χ1v) is 10.7. The maximum absolute atomic E-state index is 12.5. The van der Waals surface area contributed by atoms with Crippen molar-refractivity contribution in [3.8, 4) is 11.5 Å². The van der Waals surface area contributed by atoms with E-state index in [0.717, 1.165) is 4.47 Å². The number of nitrogens with zero attached hydrogens (tertiary/aromatic N) is 1. The van der Waals surface area contributed by atoms with Crippen LogP contribution in [-0.4, -0.2) is 51.1 Å². The molecule has 1 atom stereocenters. The van der Waals surface area contributed by atoms with Crippen molar-refractivity contribution in [2.45, 2.75) is 6.42 Å². The molecule has 0 aliphatic carbocycles. The molecule has 0 radical (unpaired) electrons. The third-order valence-corrected chi connectivity index (χ3v) is 5.43. The Kier molecular flexibility index (Phi) is 7.88. The van der Waals surface area contributed by atoms with E-state index >= 15 is 0 Å². The lowest BCUT2D eigenvalue weighted by atomic mass is 10.1. The first-order valence-electron chi connectivity index (χ1n) is 9.86. The molecule has 3 amide bonds. The smallest absolute Gasteiger partial charge is 0.311 e. The summed E-state index contributed by atoms with van der Waals surface area (Å²) in [5.41, 5.74) is 5.26. The fourth-order valence-electron chi connectivity index (χ4n) is 3.20. The van der Waals surface area contributed by atoms with Gasteiger partial charge in [-0.1, -0.05) is 15.9 Å². The molecule has 0 saturated carbocycles. The quantitative estimate of drug-likeness (QED) is 0.422. The van der Waals surface area contributed by atoms with Crippen molar-refractivity contribution in [1.29, 1.82) is 0 Å². The molecule has 174 valence electrons. The molecule has 2 aromatic carbocycles. The number of hydrogen-bond acceptors (Lipinski definition) is 7. The lowest BCUT2D eigenvalue weighted by Gasteiger charge is -2.20. The second-order valence-corrected chi connectivity index (χ2v) is 7.98. The molecule has 0 bridgehead atoms. The van der Waals surface area contributed by atoms with Crippen LogP contribution in [0.5, 0.6) is 11.5 Å². The van der Waals surface area contributed by atoms with Crippen molar-refractivity contribution in [2.75, 3.05) is 32.3 Å². The summed E-state index contributed by atoms with van der Waals surface area (Å²) >= 11 is 3.27. The van der Waals surface area contributed by atoms with E-state index in [-0.39, 0.29) is 18.9 Å². The number of hydrogen-bond donors (Lipinski definition) is 2. The van der Waals surface area contributed by atoms with Gasteiger partial charge in [0.2, 0.25) is 5.91 Å². The molecule has 33 heavy (non-hydrogen) atoms. The molecule has 1 aliphatic rings. The predicted octanol–water partition coefficient (Wildman–Crippen LogP) is 1.82. The number of esters is 1. The first kappa shape index (κ1) is 24.1. The zero-order chi connectivity index (χ0) is 24.0. The molecule has 0 aromatic heterocycles. The van der Waals surface area contributed by atoms with Gasteiger partial charge in [-0.2, -0.15) is 0 Å². The minimum Gasteiger partial charge on any atom is -0.497 e. The summed E-state index contributed by atoms with van der Waals surface area (Å²) in [5.74, 6) is -1.94. The normalized spacial score (nSPS) is 15.1. The Balaban J connectivity index is 1.50. The monoisotopic (exact) mass is 519 g/mol. The molecule has 2 aromatic rings. The van der Waals surface area contributed by atoms with E-state index in [1.165, 1.54) is 19.1 Å². The van der Waals surface area contributed by atoms with Gasteiger partial charge in [-0.3, -0.25) is 30.0 Å². The highest BCUT2D eigenvalue weighted by molar-refractivity contribution is 9.10. The van der Waals surface area contributed by atoms with Gasteiger partial charge >= 0.3 is 5.97 Å². The van der Waals surface area contributed by atoms with Gasteiger partial charge in [-0.05, 0) is 36.4 Å². The molecule has 1 fully saturated rings. The molecule has 2 N–H and O–H groups in total. The summed E-state index contributed by atoms with van der Waals surface area (Å²) in [6, 6.07) is 11.5. The van der Waals surface area contributed by atoms with Crippen LogP contribution in [0.1, 0.15) is 16.8 Å². The first-order chi connectivity index (χ1) is 15.8. The number of benzene rings is 2. The second-order valence-electron chi connectivity index (χ2n) is 7.06. The standard InChI is InChI=1S/C22H22BrN3O7/c1-31-16-7-8-17(18(10-16)32-2)26-11-14(9-20(26)28)22(30)33-12-19(27)24-25-21(29)13-3-5-15(23)6-4-13/h3-8,10,14H,9,11-12H2,1-2H3,(H,24,27)(H,25,29)/t14-/m1/s1. The van der Waals surface area contributed by atoms with Gasteiger partial charge in [0.1, 0.15) is 11.5 Å². The van der Waals surface area contributed by atoms with E-state index < -0.39 is 30.3 Å². The SMILES string of the molecule is COc1ccc(N2C[C@H](C(=O)OCC(=O)NNC(=O)c3ccc(Br)cc3)CC2=O)c(OC)c1. The third kappa shape index (κ3) is 6.01. The largest absolute Gasteiger partial charge is 0.497 e. The van der Waals surface area contributed by atoms with Crippen molar-refractivity contribution < 1.29 is 33.4 Å². The number of rotatable bonds is 7. The molecule has 1 heterocycles. The Hall–Kier alpha value is -3.60. The Labute approximate surface area is 198 Å². The third-order valence-electron chi connectivity index (χ3n) is 4.90. The fourth-order valence-corrected chi connectivity index (χ4v) is 3.46. The molecule has 1 saturated heterocycles. The van der Waals surface area contributed by atoms with Crippen molar-refractivity contribution in [3.63, 3.8) is 0 Å². The number of hydrazine groups is 1. The number of ether oxygens (including phenoxy) is 3. The second kappa shape index (κ2) is 10.8. The molecule has 11 heteroatoms. The molecule has 0 unspecified atom stereocenters. The summed E-state index contributed by atoms with van der Waals surface area (Å²) in [6.07, 6.45) is -0.0596. The van der Waals surface area contributed by atoms with Crippen molar-refractivity contribution >= 4 is 45.3 Å². The maximum atomic E-state index is 12.5. The number of nitrogens with one attached hydrogen (secondary N) is 2. The average molecular weight is 520 g/mol. The predicted molar refractivity (Wildman–Crippen MR) is 121 cm³/mol. The van der Waals surface area contributed by atoms with Crippen molar-refractivity contribution in [1.82, 2.24) is 10.9 Å². The van der Waals surface area contributed by atoms with Crippen LogP contribution >= 0.6 is 15.9 Å². The Bertz CT molecular complexity index is 1060. The minimum absolute atomic E-state index is 0.0596. The van der Waals surface area contributed by atoms with Crippen LogP contribution in [0, 0.1) is 5.92 Å². The van der Waals surface area contributed by atoms with Crippen molar-refractivity contribution in [2.24, 2.45) is 5.92 Å². The van der Waals surface area contributed by atoms with Gasteiger partial charge in [0.05, 0.1) is 25.8 Å². The van der Waals surface area contributed by atoms with E-state index in [9.17, 15) is 19.2 Å². The van der Waals surface area contributed by atoms with Crippen LogP contribution in [-0.2, 0) is 19.1 Å². The molecule has 10 nitrogen and oxygen atoms in total. The van der Waals surface area contributed by atoms with E-state index in [2.05, 4.69) is 26.8 Å². The summed E-state index contributed by atoms with van der Waals surface area (Å²) in [6.45, 7) is -0.516. The number of carbonyl (C=O) groups excluding carboxylic acids is 4. The highest BCUT2D eigenvalue weighted by Crippen LogP contribution is 2.36. The topological polar surface area (TPSA) is 123 Å². The summed E-state index contributed by atoms with van der Waals surface area (Å²) in [5, 5.41) is 0. The highest BCUT2D eigenvalue weighted by atomic mass is 79.9. The Morgan fingerprint density at radius 2 is 1.79 bits per heavy atom. The average Bonchev–Trinajstić information content (AvgIpc) is 3.22. The summed E-state index contributed by atoms with van der Waals surface area (Å²) in [7, 11) is 2.99. The maximum Gasteiger partial charge on any atom is 0.311 e. The molecular formula is C22H22BrN3O7. The van der Waals surface area contributed by atoms with E-state index in [1.54, 1.807) is 42.5 Å². The lowest BCUT2D eigenvalue weighted by Crippen LogP contribution is -2.43. The van der Waals surface area contributed by atoms with Crippen LogP contribution in [0.15, 0.2) is 46.9 Å². The van der Waals surface area contributed by atoms with E-state index in [1.807, 2.05) is 0 Å². The van der Waals surface area contributed by atoms with E-state index in [0.29, 0.717) is 22.7 Å². The van der Waals surface area contributed by atoms with Crippen LogP contribution in [0.4, 0.5) is 5.69 Å². The lowest BCUT2D eigenvalue weighted by molar-refractivity contribution is -0.152. The van der Waals surface area contributed by atoms with Crippen LogP contribution in [0.3, 0.4) is 0 Å². The zero-order valence-corrected chi connectivity index (χ0v) is 19.5. The summed E-state index contributed by atoms with van der Waals surface area (Å²) < 4.78 is 16.3. The van der Waals surface area contributed by atoms with Crippen LogP contribution in [0.25, 0.3) is 0 Å². The van der Waals surface area contributed by atoms with Gasteiger partial charge in [0, 0.05) is 29.1 Å². The number of halogens is 1. The van der Waals surface area contributed by atoms with Gasteiger partial charge in [0.15, 0.2) is 6.61 Å². The van der Waals surface area contributed by atoms with E-state index in [4.69, 9.17) is 14.2 Å². The van der Waals surface area contributed by atoms with Gasteiger partial charge < -0.3 is 19.1 Å². The number of anilines is 1. The van der Waals surface area contributed by atoms with Gasteiger partial charge in [-0.15, -0.1) is 0 Å². The number of carbonyl (C=O) groups is 4. The van der Waals surface area contributed by atoms with Gasteiger partial charge in [0.25, 0.3) is 11.8 Å². The number of methoxy groups -OCH3 is 2. The van der Waals surface area contributed by atoms with Crippen molar-refractivity contribution in [3.05, 3.63) is 52.5 Å². The Morgan fingerprint density at radius 1 is 1.06 bits per heavy atom. The van der Waals surface area contributed by atoms with Gasteiger partial charge in [-0.25, -0.2) is 0 Å². The van der Waals surface area contributed by atoms with Crippen LogP contribution < -0.4 is 25.2 Å². The number of amides is 3. The summed E-state index contributed by atoms with van der Waals surface area (Å²) in [4.78, 5) is 50.2.